The average Bonchev–Trinajstić information content (AvgIpc) is 3.34. The summed E-state index contributed by atoms with van der Waals surface area (Å²) in [5.74, 6) is 0.957. The number of hydrogen-bond acceptors (Lipinski definition) is 8. The second kappa shape index (κ2) is 8.79. The van der Waals surface area contributed by atoms with E-state index in [1.54, 1.807) is 13.0 Å². The molecule has 3 rings (SSSR count). The fourth-order valence-corrected chi connectivity index (χ4v) is 3.40. The first-order chi connectivity index (χ1) is 13.1. The molecule has 1 aromatic carbocycles. The summed E-state index contributed by atoms with van der Waals surface area (Å²) in [7, 11) is 0. The number of aromatic nitrogens is 2. The van der Waals surface area contributed by atoms with Gasteiger partial charge in [0.15, 0.2) is 11.5 Å². The molecule has 9 heteroatoms. The number of rotatable bonds is 7. The van der Waals surface area contributed by atoms with E-state index in [0.717, 1.165) is 4.88 Å². The standard InChI is InChI=1S/C18H14BrN3O4S/c1-2-24-13-9-11(10-20)8-12(19)17(13)25-16(23)6-5-15-21-18(22-26-15)14-4-3-7-27-14/h3-4,7-9H,2,5-6H2,1H3. The van der Waals surface area contributed by atoms with E-state index in [9.17, 15) is 4.79 Å². The summed E-state index contributed by atoms with van der Waals surface area (Å²) >= 11 is 4.82. The normalized spacial score (nSPS) is 10.4. The van der Waals surface area contributed by atoms with Crippen molar-refractivity contribution in [3.8, 4) is 28.3 Å². The van der Waals surface area contributed by atoms with Crippen molar-refractivity contribution in [2.45, 2.75) is 19.8 Å². The van der Waals surface area contributed by atoms with Crippen molar-refractivity contribution in [3.05, 3.63) is 45.6 Å². The summed E-state index contributed by atoms with van der Waals surface area (Å²) in [6.07, 6.45) is 0.319. The minimum Gasteiger partial charge on any atom is -0.490 e. The van der Waals surface area contributed by atoms with Crippen LogP contribution in [0.25, 0.3) is 10.7 Å². The van der Waals surface area contributed by atoms with E-state index in [4.69, 9.17) is 19.3 Å². The molecule has 2 aromatic heterocycles. The molecule has 0 spiro atoms. The molecule has 0 amide bonds. The predicted octanol–water partition coefficient (Wildman–Crippen LogP) is 4.37. The summed E-state index contributed by atoms with van der Waals surface area (Å²) in [5.41, 5.74) is 0.400. The molecule has 0 aliphatic rings. The highest BCUT2D eigenvalue weighted by Gasteiger charge is 2.17. The topological polar surface area (TPSA) is 98.2 Å². The molecule has 7 nitrogen and oxygen atoms in total. The van der Waals surface area contributed by atoms with Crippen LogP contribution in [0.2, 0.25) is 0 Å². The van der Waals surface area contributed by atoms with E-state index in [1.165, 1.54) is 17.4 Å². The zero-order valence-corrected chi connectivity index (χ0v) is 16.7. The van der Waals surface area contributed by atoms with Gasteiger partial charge in [0.2, 0.25) is 11.7 Å². The fraction of sp³-hybridized carbons (Fsp3) is 0.222. The van der Waals surface area contributed by atoms with Gasteiger partial charge in [-0.1, -0.05) is 11.2 Å². The van der Waals surface area contributed by atoms with E-state index in [-0.39, 0.29) is 18.6 Å². The predicted molar refractivity (Wildman–Crippen MR) is 102 cm³/mol. The van der Waals surface area contributed by atoms with Crippen molar-refractivity contribution < 1.29 is 18.8 Å². The molecule has 138 valence electrons. The highest BCUT2D eigenvalue weighted by molar-refractivity contribution is 9.10. The van der Waals surface area contributed by atoms with Crippen LogP contribution in [0.3, 0.4) is 0 Å². The van der Waals surface area contributed by atoms with Crippen LogP contribution < -0.4 is 9.47 Å². The molecule has 2 heterocycles. The number of hydrogen-bond donors (Lipinski definition) is 0. The smallest absolute Gasteiger partial charge is 0.311 e. The van der Waals surface area contributed by atoms with Crippen molar-refractivity contribution in [1.29, 1.82) is 5.26 Å². The minimum absolute atomic E-state index is 0.0596. The van der Waals surface area contributed by atoms with Gasteiger partial charge in [0.05, 0.1) is 34.0 Å². The first-order valence-electron chi connectivity index (χ1n) is 8.04. The second-order valence-electron chi connectivity index (χ2n) is 5.29. The molecule has 27 heavy (non-hydrogen) atoms. The molecule has 0 unspecified atom stereocenters. The molecule has 0 radical (unpaired) electrons. The summed E-state index contributed by atoms with van der Waals surface area (Å²) < 4.78 is 16.5. The lowest BCUT2D eigenvalue weighted by Gasteiger charge is -2.12. The third-order valence-electron chi connectivity index (χ3n) is 3.41. The van der Waals surface area contributed by atoms with E-state index in [1.807, 2.05) is 23.6 Å². The summed E-state index contributed by atoms with van der Waals surface area (Å²) in [6, 6.07) is 8.92. The van der Waals surface area contributed by atoms with Gasteiger partial charge >= 0.3 is 5.97 Å². The van der Waals surface area contributed by atoms with Gasteiger partial charge < -0.3 is 14.0 Å². The van der Waals surface area contributed by atoms with E-state index >= 15 is 0 Å². The van der Waals surface area contributed by atoms with Gasteiger partial charge in [-0.25, -0.2) is 0 Å². The highest BCUT2D eigenvalue weighted by atomic mass is 79.9. The number of nitriles is 1. The number of aryl methyl sites for hydroxylation is 1. The van der Waals surface area contributed by atoms with Gasteiger partial charge in [0.25, 0.3) is 0 Å². The van der Waals surface area contributed by atoms with Gasteiger partial charge in [-0.15, -0.1) is 11.3 Å². The van der Waals surface area contributed by atoms with Crippen molar-refractivity contribution in [3.63, 3.8) is 0 Å². The molecule has 0 aliphatic carbocycles. The third kappa shape index (κ3) is 4.72. The molecule has 0 aliphatic heterocycles. The molecule has 0 saturated carbocycles. The van der Waals surface area contributed by atoms with Crippen LogP contribution in [-0.2, 0) is 11.2 Å². The maximum absolute atomic E-state index is 12.2. The fourth-order valence-electron chi connectivity index (χ4n) is 2.23. The number of carbonyl (C=O) groups is 1. The first kappa shape index (κ1) is 19.1. The summed E-state index contributed by atoms with van der Waals surface area (Å²) in [4.78, 5) is 17.4. The van der Waals surface area contributed by atoms with Crippen molar-refractivity contribution in [2.24, 2.45) is 0 Å². The Bertz CT molecular complexity index is 979. The number of nitrogens with zero attached hydrogens (tertiary/aromatic N) is 3. The largest absolute Gasteiger partial charge is 0.490 e. The first-order valence-corrected chi connectivity index (χ1v) is 9.71. The van der Waals surface area contributed by atoms with E-state index in [0.29, 0.717) is 34.1 Å². The zero-order valence-electron chi connectivity index (χ0n) is 14.3. The van der Waals surface area contributed by atoms with Gasteiger partial charge in [0.1, 0.15) is 0 Å². The number of ether oxygens (including phenoxy) is 2. The van der Waals surface area contributed by atoms with Crippen LogP contribution in [0.1, 0.15) is 24.8 Å². The van der Waals surface area contributed by atoms with Crippen LogP contribution in [0.4, 0.5) is 0 Å². The minimum atomic E-state index is -0.475. The molecule has 0 N–H and O–H groups in total. The number of esters is 1. The van der Waals surface area contributed by atoms with Crippen molar-refractivity contribution >= 4 is 33.2 Å². The zero-order chi connectivity index (χ0) is 19.2. The average molecular weight is 448 g/mol. The lowest BCUT2D eigenvalue weighted by Crippen LogP contribution is -2.11. The van der Waals surface area contributed by atoms with Crippen LogP contribution in [0, 0.1) is 11.3 Å². The molecule has 3 aromatic rings. The number of carbonyl (C=O) groups excluding carboxylic acids is 1. The molecular weight excluding hydrogens is 434 g/mol. The van der Waals surface area contributed by atoms with Crippen molar-refractivity contribution in [2.75, 3.05) is 6.61 Å². The Morgan fingerprint density at radius 3 is 3.00 bits per heavy atom. The number of halogens is 1. The maximum atomic E-state index is 12.2. The van der Waals surface area contributed by atoms with Crippen molar-refractivity contribution in [1.82, 2.24) is 10.1 Å². The van der Waals surface area contributed by atoms with Crippen LogP contribution >= 0.6 is 27.3 Å². The van der Waals surface area contributed by atoms with E-state index in [2.05, 4.69) is 26.1 Å². The highest BCUT2D eigenvalue weighted by Crippen LogP contribution is 2.37. The summed E-state index contributed by atoms with van der Waals surface area (Å²) in [6.45, 7) is 2.18. The Hall–Kier alpha value is -2.70. The van der Waals surface area contributed by atoms with Crippen LogP contribution in [0.5, 0.6) is 11.5 Å². The van der Waals surface area contributed by atoms with E-state index < -0.39 is 5.97 Å². The summed E-state index contributed by atoms with van der Waals surface area (Å²) in [5, 5.41) is 14.9. The molecule has 0 atom stereocenters. The molecule has 0 bridgehead atoms. The molecule has 0 fully saturated rings. The van der Waals surface area contributed by atoms with Gasteiger partial charge in [0, 0.05) is 12.5 Å². The van der Waals surface area contributed by atoms with Crippen LogP contribution in [0.15, 0.2) is 38.6 Å². The number of thiophene rings is 1. The van der Waals surface area contributed by atoms with Gasteiger partial charge in [-0.05, 0) is 40.4 Å². The molecule has 0 saturated heterocycles. The maximum Gasteiger partial charge on any atom is 0.311 e. The molecular formula is C18H14BrN3O4S. The lowest BCUT2D eigenvalue weighted by atomic mass is 10.2. The Balaban J connectivity index is 1.65. The monoisotopic (exact) mass is 447 g/mol. The van der Waals surface area contributed by atoms with Gasteiger partial charge in [-0.2, -0.15) is 10.2 Å². The number of benzene rings is 1. The Kier molecular flexibility index (Phi) is 6.21. The lowest BCUT2D eigenvalue weighted by molar-refractivity contribution is -0.134. The van der Waals surface area contributed by atoms with Gasteiger partial charge in [-0.3, -0.25) is 4.79 Å². The Morgan fingerprint density at radius 2 is 2.30 bits per heavy atom. The Labute approximate surface area is 167 Å². The van der Waals surface area contributed by atoms with Crippen LogP contribution in [-0.4, -0.2) is 22.7 Å². The Morgan fingerprint density at radius 1 is 1.44 bits per heavy atom. The third-order valence-corrected chi connectivity index (χ3v) is 4.86. The second-order valence-corrected chi connectivity index (χ2v) is 7.10. The quantitative estimate of drug-likeness (QED) is 0.391. The SMILES string of the molecule is CCOc1cc(C#N)cc(Br)c1OC(=O)CCc1nc(-c2cccs2)no1.